The first kappa shape index (κ1) is 9.21. The van der Waals surface area contributed by atoms with E-state index >= 15 is 0 Å². The molecule has 0 aliphatic carbocycles. The lowest BCUT2D eigenvalue weighted by Crippen LogP contribution is -2.11. The molecule has 0 aromatic heterocycles. The minimum atomic E-state index is -0.188. The number of carbonyl (C=O) groups is 1. The van der Waals surface area contributed by atoms with Gasteiger partial charge in [-0.15, -0.1) is 0 Å². The number of epoxide rings is 1. The van der Waals surface area contributed by atoms with Gasteiger partial charge in [0.2, 0.25) is 0 Å². The summed E-state index contributed by atoms with van der Waals surface area (Å²) in [7, 11) is 0. The van der Waals surface area contributed by atoms with Crippen molar-refractivity contribution in [2.45, 2.75) is 12.5 Å². The van der Waals surface area contributed by atoms with Gasteiger partial charge in [0.05, 0.1) is 13.0 Å². The average molecular weight is 192 g/mol. The molecule has 0 saturated carbocycles. The molecule has 1 aliphatic rings. The summed E-state index contributed by atoms with van der Waals surface area (Å²) in [6, 6.07) is 9.57. The van der Waals surface area contributed by atoms with E-state index in [1.165, 1.54) is 0 Å². The highest BCUT2D eigenvalue weighted by Crippen LogP contribution is 2.09. The fraction of sp³-hybridized carbons (Fsp3) is 0.364. The minimum absolute atomic E-state index is 0.148. The number of ether oxygens (including phenoxy) is 2. The minimum Gasteiger partial charge on any atom is -0.463 e. The molecule has 0 N–H and O–H groups in total. The lowest BCUT2D eigenvalue weighted by Gasteiger charge is -2.02. The molecule has 1 aromatic rings. The van der Waals surface area contributed by atoms with Crippen molar-refractivity contribution in [1.29, 1.82) is 0 Å². The van der Waals surface area contributed by atoms with Crippen LogP contribution in [0.1, 0.15) is 5.56 Å². The molecule has 74 valence electrons. The molecular formula is C11H12O3. The van der Waals surface area contributed by atoms with E-state index in [9.17, 15) is 4.79 Å². The smallest absolute Gasteiger partial charge is 0.310 e. The van der Waals surface area contributed by atoms with Crippen molar-refractivity contribution in [3.63, 3.8) is 0 Å². The van der Waals surface area contributed by atoms with Crippen molar-refractivity contribution < 1.29 is 14.3 Å². The monoisotopic (exact) mass is 192 g/mol. The van der Waals surface area contributed by atoms with Gasteiger partial charge in [-0.25, -0.2) is 0 Å². The number of carbonyl (C=O) groups excluding carboxylic acids is 1. The van der Waals surface area contributed by atoms with Crippen LogP contribution in [0.25, 0.3) is 0 Å². The first-order chi connectivity index (χ1) is 6.84. The maximum atomic E-state index is 11.3. The molecule has 2 rings (SSSR count). The second-order valence-corrected chi connectivity index (χ2v) is 3.30. The van der Waals surface area contributed by atoms with Gasteiger partial charge < -0.3 is 9.47 Å². The summed E-state index contributed by atoms with van der Waals surface area (Å²) < 4.78 is 9.94. The Morgan fingerprint density at radius 3 is 2.79 bits per heavy atom. The maximum absolute atomic E-state index is 11.3. The Morgan fingerprint density at radius 2 is 2.14 bits per heavy atom. The number of rotatable bonds is 4. The molecule has 1 atom stereocenters. The molecule has 1 unspecified atom stereocenters. The van der Waals surface area contributed by atoms with Gasteiger partial charge in [0.1, 0.15) is 12.7 Å². The van der Waals surface area contributed by atoms with E-state index < -0.39 is 0 Å². The summed E-state index contributed by atoms with van der Waals surface area (Å²) in [6.07, 6.45) is 0.489. The van der Waals surface area contributed by atoms with Crippen LogP contribution in [0.15, 0.2) is 30.3 Å². The molecule has 3 heteroatoms. The van der Waals surface area contributed by atoms with Crippen LogP contribution in [0.2, 0.25) is 0 Å². The normalized spacial score (nSPS) is 19.0. The molecular weight excluding hydrogens is 180 g/mol. The van der Waals surface area contributed by atoms with Crippen LogP contribution in [0.4, 0.5) is 0 Å². The van der Waals surface area contributed by atoms with Crippen molar-refractivity contribution >= 4 is 5.97 Å². The van der Waals surface area contributed by atoms with Crippen LogP contribution in [-0.2, 0) is 20.7 Å². The van der Waals surface area contributed by atoms with Crippen molar-refractivity contribution in [1.82, 2.24) is 0 Å². The SMILES string of the molecule is O=C(Cc1ccccc1)OCC1CO1. The molecule has 0 bridgehead atoms. The second kappa shape index (κ2) is 4.24. The van der Waals surface area contributed by atoms with Crippen LogP contribution >= 0.6 is 0 Å². The Balaban J connectivity index is 1.76. The standard InChI is InChI=1S/C11H12O3/c12-11(14-8-10-7-13-10)6-9-4-2-1-3-5-9/h1-5,10H,6-8H2. The molecule has 1 saturated heterocycles. The zero-order chi connectivity index (χ0) is 9.80. The lowest BCUT2D eigenvalue weighted by molar-refractivity contribution is -0.143. The highest BCUT2D eigenvalue weighted by Gasteiger charge is 2.24. The number of hydrogen-bond donors (Lipinski definition) is 0. The van der Waals surface area contributed by atoms with Gasteiger partial charge in [-0.05, 0) is 5.56 Å². The third-order valence-electron chi connectivity index (χ3n) is 2.02. The molecule has 1 aliphatic heterocycles. The molecule has 14 heavy (non-hydrogen) atoms. The summed E-state index contributed by atoms with van der Waals surface area (Å²) >= 11 is 0. The van der Waals surface area contributed by atoms with Crippen molar-refractivity contribution in [2.75, 3.05) is 13.2 Å². The molecule has 1 fully saturated rings. The third-order valence-corrected chi connectivity index (χ3v) is 2.02. The van der Waals surface area contributed by atoms with Gasteiger partial charge >= 0.3 is 5.97 Å². The van der Waals surface area contributed by atoms with E-state index in [1.54, 1.807) is 0 Å². The molecule has 1 heterocycles. The van der Waals surface area contributed by atoms with Gasteiger partial charge in [-0.3, -0.25) is 4.79 Å². The van der Waals surface area contributed by atoms with E-state index in [4.69, 9.17) is 9.47 Å². The largest absolute Gasteiger partial charge is 0.463 e. The molecule has 3 nitrogen and oxygen atoms in total. The van der Waals surface area contributed by atoms with Crippen molar-refractivity contribution in [2.24, 2.45) is 0 Å². The van der Waals surface area contributed by atoms with E-state index in [0.29, 0.717) is 13.0 Å². The molecule has 1 aromatic carbocycles. The fourth-order valence-electron chi connectivity index (χ4n) is 1.16. The summed E-state index contributed by atoms with van der Waals surface area (Å²) in [5.74, 6) is -0.188. The zero-order valence-electron chi connectivity index (χ0n) is 7.81. The average Bonchev–Trinajstić information content (AvgIpc) is 3.00. The predicted octanol–water partition coefficient (Wildman–Crippen LogP) is 1.17. The first-order valence-electron chi connectivity index (χ1n) is 4.66. The van der Waals surface area contributed by atoms with Gasteiger partial charge in [0, 0.05) is 0 Å². The van der Waals surface area contributed by atoms with Gasteiger partial charge in [-0.2, -0.15) is 0 Å². The Kier molecular flexibility index (Phi) is 2.79. The number of esters is 1. The van der Waals surface area contributed by atoms with E-state index in [1.807, 2.05) is 30.3 Å². The van der Waals surface area contributed by atoms with E-state index in [2.05, 4.69) is 0 Å². The quantitative estimate of drug-likeness (QED) is 0.531. The maximum Gasteiger partial charge on any atom is 0.310 e. The number of hydrogen-bond acceptors (Lipinski definition) is 3. The third kappa shape index (κ3) is 2.85. The van der Waals surface area contributed by atoms with E-state index in [-0.39, 0.29) is 12.1 Å². The Bertz CT molecular complexity index is 304. The first-order valence-corrected chi connectivity index (χ1v) is 4.66. The predicted molar refractivity (Wildman–Crippen MR) is 50.8 cm³/mol. The van der Waals surface area contributed by atoms with Crippen LogP contribution in [0.5, 0.6) is 0 Å². The van der Waals surface area contributed by atoms with Crippen LogP contribution in [-0.4, -0.2) is 25.3 Å². The second-order valence-electron chi connectivity index (χ2n) is 3.30. The van der Waals surface area contributed by atoms with Gasteiger partial charge in [0.15, 0.2) is 0 Å². The summed E-state index contributed by atoms with van der Waals surface area (Å²) in [4.78, 5) is 11.3. The number of benzene rings is 1. The Morgan fingerprint density at radius 1 is 1.43 bits per heavy atom. The van der Waals surface area contributed by atoms with E-state index in [0.717, 1.165) is 12.2 Å². The molecule has 0 amide bonds. The lowest BCUT2D eigenvalue weighted by atomic mass is 10.2. The Labute approximate surface area is 82.6 Å². The highest BCUT2D eigenvalue weighted by molar-refractivity contribution is 5.72. The molecule has 0 radical (unpaired) electrons. The van der Waals surface area contributed by atoms with Crippen molar-refractivity contribution in [3.05, 3.63) is 35.9 Å². The van der Waals surface area contributed by atoms with Gasteiger partial charge in [-0.1, -0.05) is 30.3 Å². The van der Waals surface area contributed by atoms with Crippen LogP contribution in [0, 0.1) is 0 Å². The van der Waals surface area contributed by atoms with Crippen LogP contribution < -0.4 is 0 Å². The topological polar surface area (TPSA) is 38.8 Å². The van der Waals surface area contributed by atoms with Crippen molar-refractivity contribution in [3.8, 4) is 0 Å². The molecule has 0 spiro atoms. The highest BCUT2D eigenvalue weighted by atomic mass is 16.6. The van der Waals surface area contributed by atoms with Crippen LogP contribution in [0.3, 0.4) is 0 Å². The fourth-order valence-corrected chi connectivity index (χ4v) is 1.16. The summed E-state index contributed by atoms with van der Waals surface area (Å²) in [6.45, 7) is 1.12. The van der Waals surface area contributed by atoms with Gasteiger partial charge in [0.25, 0.3) is 0 Å². The zero-order valence-corrected chi connectivity index (χ0v) is 7.81. The Hall–Kier alpha value is -1.35. The summed E-state index contributed by atoms with van der Waals surface area (Å²) in [5, 5.41) is 0. The summed E-state index contributed by atoms with van der Waals surface area (Å²) in [5.41, 5.74) is 0.981.